The zero-order valence-electron chi connectivity index (χ0n) is 14.0. The lowest BCUT2D eigenvalue weighted by Gasteiger charge is -2.36. The van der Waals surface area contributed by atoms with Gasteiger partial charge in [-0.15, -0.1) is 0 Å². The second kappa shape index (κ2) is 7.94. The van der Waals surface area contributed by atoms with Gasteiger partial charge in [0.15, 0.2) is 0 Å². The molecule has 0 bridgehead atoms. The van der Waals surface area contributed by atoms with E-state index < -0.39 is 0 Å². The topological polar surface area (TPSA) is 54.0 Å². The summed E-state index contributed by atoms with van der Waals surface area (Å²) in [6.07, 6.45) is 2.29. The molecule has 1 atom stereocenters. The molecule has 7 heteroatoms. The highest BCUT2D eigenvalue weighted by molar-refractivity contribution is 6.30. The molecule has 132 valence electrons. The first-order valence-corrected chi connectivity index (χ1v) is 8.78. The molecule has 0 radical (unpaired) electrons. The highest BCUT2D eigenvalue weighted by Crippen LogP contribution is 2.31. The predicted molar refractivity (Wildman–Crippen MR) is 94.2 cm³/mol. The first-order valence-electron chi connectivity index (χ1n) is 8.40. The predicted octanol–water partition coefficient (Wildman–Crippen LogP) is 2.36. The van der Waals surface area contributed by atoms with E-state index in [0.29, 0.717) is 24.7 Å². The van der Waals surface area contributed by atoms with Crippen LogP contribution in [-0.4, -0.2) is 63.5 Å². The smallest absolute Gasteiger partial charge is 0.317 e. The molecule has 1 aromatic carbocycles. The average Bonchev–Trinajstić information content (AvgIpc) is 3.13. The van der Waals surface area contributed by atoms with Crippen LogP contribution in [0.1, 0.15) is 12.8 Å². The number of hydrogen-bond donors (Lipinski definition) is 1. The van der Waals surface area contributed by atoms with Gasteiger partial charge in [-0.2, -0.15) is 0 Å². The first kappa shape index (κ1) is 17.2. The number of anilines is 1. The molecule has 2 aliphatic rings. The van der Waals surface area contributed by atoms with Crippen molar-refractivity contribution in [2.24, 2.45) is 0 Å². The van der Waals surface area contributed by atoms with Crippen molar-refractivity contribution < 1.29 is 14.3 Å². The van der Waals surface area contributed by atoms with E-state index in [4.69, 9.17) is 21.1 Å². The van der Waals surface area contributed by atoms with Crippen molar-refractivity contribution in [1.82, 2.24) is 10.2 Å². The van der Waals surface area contributed by atoms with Gasteiger partial charge in [-0.25, -0.2) is 4.79 Å². The number of nitrogens with one attached hydrogen (secondary N) is 1. The fraction of sp³-hybridized carbons (Fsp3) is 0.588. The van der Waals surface area contributed by atoms with Gasteiger partial charge in [-0.3, -0.25) is 0 Å². The van der Waals surface area contributed by atoms with Crippen LogP contribution >= 0.6 is 11.6 Å². The molecular weight excluding hydrogens is 330 g/mol. The van der Waals surface area contributed by atoms with Crippen LogP contribution in [-0.2, 0) is 4.74 Å². The SMILES string of the molecule is COc1ccc(Cl)cc1N1CCN(C(=O)NCC2CCCO2)CC1. The van der Waals surface area contributed by atoms with Crippen LogP contribution in [0.3, 0.4) is 0 Å². The molecule has 2 fully saturated rings. The van der Waals surface area contributed by atoms with E-state index in [0.717, 1.165) is 44.0 Å². The van der Waals surface area contributed by atoms with Crippen LogP contribution in [0.4, 0.5) is 10.5 Å². The minimum Gasteiger partial charge on any atom is -0.495 e. The molecule has 0 aliphatic carbocycles. The van der Waals surface area contributed by atoms with Crippen LogP contribution in [0.5, 0.6) is 5.75 Å². The minimum atomic E-state index is -0.0109. The van der Waals surface area contributed by atoms with Crippen LogP contribution < -0.4 is 15.0 Å². The standard InChI is InChI=1S/C17H24ClN3O3/c1-23-16-5-4-13(18)11-15(16)20-6-8-21(9-7-20)17(22)19-12-14-3-2-10-24-14/h4-5,11,14H,2-3,6-10,12H2,1H3,(H,19,22). The molecule has 0 spiro atoms. The maximum absolute atomic E-state index is 12.3. The molecule has 2 aliphatic heterocycles. The largest absolute Gasteiger partial charge is 0.495 e. The summed E-state index contributed by atoms with van der Waals surface area (Å²) in [5, 5.41) is 3.66. The zero-order valence-corrected chi connectivity index (χ0v) is 14.7. The molecule has 0 aromatic heterocycles. The Morgan fingerprint density at radius 1 is 1.38 bits per heavy atom. The zero-order chi connectivity index (χ0) is 16.9. The van der Waals surface area contributed by atoms with Crippen molar-refractivity contribution in [3.63, 3.8) is 0 Å². The summed E-state index contributed by atoms with van der Waals surface area (Å²) in [5.74, 6) is 0.802. The summed E-state index contributed by atoms with van der Waals surface area (Å²) in [6.45, 7) is 4.26. The Hall–Kier alpha value is -1.66. The number of rotatable bonds is 4. The van der Waals surface area contributed by atoms with E-state index >= 15 is 0 Å². The van der Waals surface area contributed by atoms with Crippen LogP contribution in [0, 0.1) is 0 Å². The fourth-order valence-corrected chi connectivity index (χ4v) is 3.35. The van der Waals surface area contributed by atoms with Crippen molar-refractivity contribution in [2.75, 3.05) is 51.3 Å². The van der Waals surface area contributed by atoms with Gasteiger partial charge in [0.1, 0.15) is 5.75 Å². The lowest BCUT2D eigenvalue weighted by Crippen LogP contribution is -2.52. The Morgan fingerprint density at radius 2 is 2.17 bits per heavy atom. The van der Waals surface area contributed by atoms with Gasteiger partial charge in [0, 0.05) is 44.4 Å². The van der Waals surface area contributed by atoms with Gasteiger partial charge in [0.05, 0.1) is 18.9 Å². The van der Waals surface area contributed by atoms with Crippen LogP contribution in [0.25, 0.3) is 0 Å². The number of benzene rings is 1. The van der Waals surface area contributed by atoms with Gasteiger partial charge in [-0.05, 0) is 31.0 Å². The number of carbonyl (C=O) groups is 1. The molecule has 1 unspecified atom stereocenters. The minimum absolute atomic E-state index is 0.0109. The lowest BCUT2D eigenvalue weighted by molar-refractivity contribution is 0.108. The normalized spacial score (nSPS) is 21.0. The summed E-state index contributed by atoms with van der Waals surface area (Å²) < 4.78 is 11.0. The molecule has 3 rings (SSSR count). The number of ether oxygens (including phenoxy) is 2. The molecule has 2 saturated heterocycles. The summed E-state index contributed by atoms with van der Waals surface area (Å²) in [6, 6.07) is 5.59. The van der Waals surface area contributed by atoms with E-state index in [1.807, 2.05) is 23.1 Å². The quantitative estimate of drug-likeness (QED) is 0.902. The number of piperazine rings is 1. The number of halogens is 1. The first-order chi connectivity index (χ1) is 11.7. The summed E-state index contributed by atoms with van der Waals surface area (Å²) >= 11 is 6.11. The van der Waals surface area contributed by atoms with Gasteiger partial charge in [0.25, 0.3) is 0 Å². The number of urea groups is 1. The van der Waals surface area contributed by atoms with Gasteiger partial charge in [-0.1, -0.05) is 11.6 Å². The van der Waals surface area contributed by atoms with Gasteiger partial charge < -0.3 is 24.6 Å². The fourth-order valence-electron chi connectivity index (χ4n) is 3.18. The Bertz CT molecular complexity index is 570. The summed E-state index contributed by atoms with van der Waals surface area (Å²) in [5.41, 5.74) is 0.976. The highest BCUT2D eigenvalue weighted by atomic mass is 35.5. The monoisotopic (exact) mass is 353 g/mol. The molecule has 1 aromatic rings. The number of hydrogen-bond acceptors (Lipinski definition) is 4. The Labute approximate surface area is 147 Å². The lowest BCUT2D eigenvalue weighted by atomic mass is 10.2. The van der Waals surface area contributed by atoms with Crippen LogP contribution in [0.2, 0.25) is 5.02 Å². The van der Waals surface area contributed by atoms with E-state index in [2.05, 4.69) is 10.2 Å². The Morgan fingerprint density at radius 3 is 2.83 bits per heavy atom. The molecule has 0 saturated carbocycles. The van der Waals surface area contributed by atoms with E-state index in [-0.39, 0.29) is 12.1 Å². The number of carbonyl (C=O) groups excluding carboxylic acids is 1. The maximum Gasteiger partial charge on any atom is 0.317 e. The third-order valence-corrected chi connectivity index (χ3v) is 4.79. The van der Waals surface area contributed by atoms with E-state index in [1.54, 1.807) is 7.11 Å². The second-order valence-electron chi connectivity index (χ2n) is 6.11. The second-order valence-corrected chi connectivity index (χ2v) is 6.55. The third-order valence-electron chi connectivity index (χ3n) is 4.55. The van der Waals surface area contributed by atoms with E-state index in [1.165, 1.54) is 0 Å². The van der Waals surface area contributed by atoms with E-state index in [9.17, 15) is 4.79 Å². The average molecular weight is 354 g/mol. The summed E-state index contributed by atoms with van der Waals surface area (Å²) in [7, 11) is 1.65. The molecule has 1 N–H and O–H groups in total. The van der Waals surface area contributed by atoms with Gasteiger partial charge in [0.2, 0.25) is 0 Å². The summed E-state index contributed by atoms with van der Waals surface area (Å²) in [4.78, 5) is 16.3. The molecule has 24 heavy (non-hydrogen) atoms. The molecule has 6 nitrogen and oxygen atoms in total. The van der Waals surface area contributed by atoms with Crippen molar-refractivity contribution >= 4 is 23.3 Å². The number of amides is 2. The Kier molecular flexibility index (Phi) is 5.68. The molecular formula is C17H24ClN3O3. The van der Waals surface area contributed by atoms with Crippen molar-refractivity contribution in [2.45, 2.75) is 18.9 Å². The van der Waals surface area contributed by atoms with Crippen molar-refractivity contribution in [3.05, 3.63) is 23.2 Å². The number of nitrogens with zero attached hydrogens (tertiary/aromatic N) is 2. The maximum atomic E-state index is 12.3. The third kappa shape index (κ3) is 4.05. The molecule has 2 amide bonds. The van der Waals surface area contributed by atoms with Crippen molar-refractivity contribution in [3.8, 4) is 5.75 Å². The van der Waals surface area contributed by atoms with Crippen molar-refractivity contribution in [1.29, 1.82) is 0 Å². The molecule has 2 heterocycles. The van der Waals surface area contributed by atoms with Crippen LogP contribution in [0.15, 0.2) is 18.2 Å². The highest BCUT2D eigenvalue weighted by Gasteiger charge is 2.24. The van der Waals surface area contributed by atoms with Gasteiger partial charge >= 0.3 is 6.03 Å². The number of methoxy groups -OCH3 is 1. The Balaban J connectivity index is 1.51.